The van der Waals surface area contributed by atoms with Crippen molar-refractivity contribution in [2.75, 3.05) is 0 Å². The zero-order valence-corrected chi connectivity index (χ0v) is 8.45. The first-order valence-corrected chi connectivity index (χ1v) is 4.39. The van der Waals surface area contributed by atoms with Gasteiger partial charge in [-0.15, -0.1) is 0 Å². The molecule has 0 aliphatic heterocycles. The lowest BCUT2D eigenvalue weighted by molar-refractivity contribution is -0.131. The Morgan fingerprint density at radius 1 is 1.20 bits per heavy atom. The van der Waals surface area contributed by atoms with Gasteiger partial charge in [-0.05, 0) is 19.4 Å². The highest BCUT2D eigenvalue weighted by molar-refractivity contribution is 6.39. The van der Waals surface area contributed by atoms with E-state index in [1.165, 1.54) is 38.1 Å². The molecule has 0 unspecified atom stereocenters. The Morgan fingerprint density at radius 3 is 2.00 bits per heavy atom. The van der Waals surface area contributed by atoms with E-state index in [-0.39, 0.29) is 5.56 Å². The minimum Gasteiger partial charge on any atom is -0.475 e. The maximum Gasteiger partial charge on any atom is 0.377 e. The molecule has 4 heteroatoms. The summed E-state index contributed by atoms with van der Waals surface area (Å²) in [5, 5.41) is 8.44. The highest BCUT2D eigenvalue weighted by atomic mass is 19.1. The highest BCUT2D eigenvalue weighted by Gasteiger charge is 2.20. The van der Waals surface area contributed by atoms with Gasteiger partial charge in [-0.1, -0.05) is 24.3 Å². The number of hydrogen-bond donors (Lipinski definition) is 1. The maximum atomic E-state index is 13.4. The number of carbonyl (C=O) groups excluding carboxylic acids is 1. The molecule has 0 bridgehead atoms. The summed E-state index contributed by atoms with van der Waals surface area (Å²) in [5.74, 6) is -2.50. The monoisotopic (exact) mass is 210 g/mol. The Labute approximate surface area is 86.5 Å². The molecule has 0 saturated heterocycles. The van der Waals surface area contributed by atoms with Gasteiger partial charge in [0, 0.05) is 5.56 Å². The summed E-state index contributed by atoms with van der Waals surface area (Å²) in [7, 11) is 0. The summed E-state index contributed by atoms with van der Waals surface area (Å²) in [6.07, 6.45) is 0. The van der Waals surface area contributed by atoms with E-state index in [0.717, 1.165) is 0 Å². The number of aliphatic carboxylic acids is 1. The van der Waals surface area contributed by atoms with Gasteiger partial charge in [0.15, 0.2) is 0 Å². The largest absolute Gasteiger partial charge is 0.475 e. The fourth-order valence-electron chi connectivity index (χ4n) is 1.14. The molecule has 3 nitrogen and oxygen atoms in total. The fraction of sp³-hybridized carbons (Fsp3) is 0.273. The quantitative estimate of drug-likeness (QED) is 0.614. The van der Waals surface area contributed by atoms with Crippen LogP contribution in [-0.2, 0) is 10.5 Å². The van der Waals surface area contributed by atoms with Crippen LogP contribution in [0.5, 0.6) is 0 Å². The van der Waals surface area contributed by atoms with Crippen LogP contribution in [-0.4, -0.2) is 16.9 Å². The molecule has 0 aliphatic carbocycles. The van der Waals surface area contributed by atoms with Gasteiger partial charge in [0.25, 0.3) is 5.78 Å². The number of halogens is 1. The molecule has 0 radical (unpaired) electrons. The van der Waals surface area contributed by atoms with Crippen molar-refractivity contribution in [3.05, 3.63) is 35.4 Å². The van der Waals surface area contributed by atoms with Gasteiger partial charge in [-0.3, -0.25) is 4.79 Å². The summed E-state index contributed by atoms with van der Waals surface area (Å²) in [6, 6.07) is 5.45. The number of Topliss-reactive ketones (excluding diaryl/α,β-unsaturated/α-hetero) is 1. The molecule has 0 aliphatic rings. The SMILES string of the molecule is CC(C)(F)c1ccc(C(=O)C(=O)O)cc1. The van der Waals surface area contributed by atoms with Crippen LogP contribution in [0.25, 0.3) is 0 Å². The number of hydrogen-bond acceptors (Lipinski definition) is 2. The van der Waals surface area contributed by atoms with Gasteiger partial charge >= 0.3 is 5.97 Å². The summed E-state index contributed by atoms with van der Waals surface area (Å²) in [5.41, 5.74) is -1.04. The van der Waals surface area contributed by atoms with Crippen molar-refractivity contribution < 1.29 is 19.1 Å². The smallest absolute Gasteiger partial charge is 0.377 e. The Morgan fingerprint density at radius 2 is 1.67 bits per heavy atom. The number of rotatable bonds is 3. The van der Waals surface area contributed by atoms with E-state index in [4.69, 9.17) is 5.11 Å². The fourth-order valence-corrected chi connectivity index (χ4v) is 1.14. The van der Waals surface area contributed by atoms with Crippen LogP contribution in [0.1, 0.15) is 29.8 Å². The first-order valence-electron chi connectivity index (χ1n) is 4.39. The average Bonchev–Trinajstić information content (AvgIpc) is 2.15. The molecule has 0 atom stereocenters. The standard InChI is InChI=1S/C11H11FO3/c1-11(2,12)8-5-3-7(4-6-8)9(13)10(14)15/h3-6H,1-2H3,(H,14,15). The number of ketones is 1. The predicted octanol–water partition coefficient (Wildman–Crippen LogP) is 2.16. The maximum absolute atomic E-state index is 13.4. The Kier molecular flexibility index (Phi) is 2.88. The molecule has 0 aromatic heterocycles. The predicted molar refractivity (Wildman–Crippen MR) is 52.5 cm³/mol. The van der Waals surface area contributed by atoms with E-state index < -0.39 is 17.4 Å². The van der Waals surface area contributed by atoms with E-state index in [2.05, 4.69) is 0 Å². The molecule has 0 heterocycles. The third-order valence-electron chi connectivity index (χ3n) is 2.03. The zero-order valence-electron chi connectivity index (χ0n) is 8.45. The van der Waals surface area contributed by atoms with Crippen molar-refractivity contribution in [2.45, 2.75) is 19.5 Å². The minimum absolute atomic E-state index is 0.0514. The van der Waals surface area contributed by atoms with Gasteiger partial charge in [0.1, 0.15) is 5.67 Å². The molecule has 0 saturated carbocycles. The molecule has 0 spiro atoms. The van der Waals surface area contributed by atoms with E-state index in [0.29, 0.717) is 5.56 Å². The van der Waals surface area contributed by atoms with Crippen LogP contribution in [0.4, 0.5) is 4.39 Å². The number of carboxylic acids is 1. The van der Waals surface area contributed by atoms with Crippen LogP contribution < -0.4 is 0 Å². The second-order valence-corrected chi connectivity index (χ2v) is 3.68. The Bertz CT molecular complexity index is 387. The first kappa shape index (κ1) is 11.4. The average molecular weight is 210 g/mol. The van der Waals surface area contributed by atoms with Crippen molar-refractivity contribution in [3.63, 3.8) is 0 Å². The first-order chi connectivity index (χ1) is 6.82. The lowest BCUT2D eigenvalue weighted by Crippen LogP contribution is -2.14. The molecule has 1 aromatic carbocycles. The molecular formula is C11H11FO3. The molecular weight excluding hydrogens is 199 g/mol. The van der Waals surface area contributed by atoms with Crippen LogP contribution >= 0.6 is 0 Å². The van der Waals surface area contributed by atoms with Crippen molar-refractivity contribution >= 4 is 11.8 Å². The Balaban J connectivity index is 3.01. The van der Waals surface area contributed by atoms with Gasteiger partial charge < -0.3 is 5.11 Å². The van der Waals surface area contributed by atoms with Crippen molar-refractivity contribution in [2.24, 2.45) is 0 Å². The second-order valence-electron chi connectivity index (χ2n) is 3.68. The number of carboxylic acid groups (broad SMARTS) is 1. The van der Waals surface area contributed by atoms with Gasteiger partial charge in [-0.25, -0.2) is 9.18 Å². The molecule has 1 aromatic rings. The third kappa shape index (κ3) is 2.62. The topological polar surface area (TPSA) is 54.4 Å². The van der Waals surface area contributed by atoms with E-state index >= 15 is 0 Å². The molecule has 15 heavy (non-hydrogen) atoms. The third-order valence-corrected chi connectivity index (χ3v) is 2.03. The molecule has 1 N–H and O–H groups in total. The number of carbonyl (C=O) groups is 2. The summed E-state index contributed by atoms with van der Waals surface area (Å²) >= 11 is 0. The second kappa shape index (κ2) is 3.81. The zero-order chi connectivity index (χ0) is 11.6. The van der Waals surface area contributed by atoms with Crippen molar-refractivity contribution in [1.82, 2.24) is 0 Å². The van der Waals surface area contributed by atoms with E-state index in [9.17, 15) is 14.0 Å². The molecule has 0 amide bonds. The van der Waals surface area contributed by atoms with Gasteiger partial charge in [0.2, 0.25) is 0 Å². The normalized spacial score (nSPS) is 11.1. The summed E-state index contributed by atoms with van der Waals surface area (Å²) < 4.78 is 13.4. The van der Waals surface area contributed by atoms with Crippen LogP contribution in [0.3, 0.4) is 0 Å². The highest BCUT2D eigenvalue weighted by Crippen LogP contribution is 2.24. The lowest BCUT2D eigenvalue weighted by Gasteiger charge is -2.14. The molecule has 0 fully saturated rings. The van der Waals surface area contributed by atoms with Gasteiger partial charge in [0.05, 0.1) is 0 Å². The molecule has 1 rings (SSSR count). The Hall–Kier alpha value is -1.71. The number of benzene rings is 1. The van der Waals surface area contributed by atoms with Crippen LogP contribution in [0.2, 0.25) is 0 Å². The lowest BCUT2D eigenvalue weighted by atomic mass is 9.98. The van der Waals surface area contributed by atoms with E-state index in [1.807, 2.05) is 0 Å². The van der Waals surface area contributed by atoms with E-state index in [1.54, 1.807) is 0 Å². The number of alkyl halides is 1. The van der Waals surface area contributed by atoms with Gasteiger partial charge in [-0.2, -0.15) is 0 Å². The minimum atomic E-state index is -1.51. The summed E-state index contributed by atoms with van der Waals surface area (Å²) in [4.78, 5) is 21.4. The van der Waals surface area contributed by atoms with Crippen molar-refractivity contribution in [1.29, 1.82) is 0 Å². The van der Waals surface area contributed by atoms with Crippen LogP contribution in [0, 0.1) is 0 Å². The van der Waals surface area contributed by atoms with Crippen LogP contribution in [0.15, 0.2) is 24.3 Å². The molecule has 80 valence electrons. The van der Waals surface area contributed by atoms with Crippen molar-refractivity contribution in [3.8, 4) is 0 Å². The summed E-state index contributed by atoms with van der Waals surface area (Å²) in [6.45, 7) is 2.78.